The number of amides is 1. The number of hydrogen-bond donors (Lipinski definition) is 1. The summed E-state index contributed by atoms with van der Waals surface area (Å²) < 4.78 is 6.59. The summed E-state index contributed by atoms with van der Waals surface area (Å²) in [7, 11) is 0. The molecule has 0 saturated carbocycles. The number of nitrogens with zero attached hydrogens (tertiary/aromatic N) is 1. The molecular weight excluding hydrogens is 364 g/mol. The van der Waals surface area contributed by atoms with Gasteiger partial charge in [0, 0.05) is 35.0 Å². The predicted octanol–water partition coefficient (Wildman–Crippen LogP) is 4.81. The Balaban J connectivity index is 2.47. The van der Waals surface area contributed by atoms with Crippen LogP contribution in [-0.4, -0.2) is 36.2 Å². The van der Waals surface area contributed by atoms with Gasteiger partial charge in [-0.1, -0.05) is 6.92 Å². The summed E-state index contributed by atoms with van der Waals surface area (Å²) >= 11 is 5.28. The van der Waals surface area contributed by atoms with E-state index in [1.807, 2.05) is 20.8 Å². The molecule has 6 heteroatoms. The Morgan fingerprint density at radius 3 is 2.64 bits per heavy atom. The Morgan fingerprint density at radius 1 is 1.45 bits per heavy atom. The minimum Gasteiger partial charge on any atom is -0.444 e. The molecule has 0 saturated heterocycles. The van der Waals surface area contributed by atoms with E-state index in [1.54, 1.807) is 16.2 Å². The molecule has 126 valence electrons. The van der Waals surface area contributed by atoms with Gasteiger partial charge in [-0.3, -0.25) is 0 Å². The predicted molar refractivity (Wildman–Crippen MR) is 96.5 cm³/mol. The molecule has 22 heavy (non-hydrogen) atoms. The van der Waals surface area contributed by atoms with Crippen LogP contribution in [0.15, 0.2) is 15.9 Å². The SMILES string of the molecule is CCCN(CCNC(C)c1sccc1Br)C(=O)OC(C)(C)C. The van der Waals surface area contributed by atoms with Crippen molar-refractivity contribution in [2.45, 2.75) is 52.7 Å². The molecule has 0 aliphatic rings. The largest absolute Gasteiger partial charge is 0.444 e. The molecular formula is C16H27BrN2O2S. The molecule has 1 N–H and O–H groups in total. The van der Waals surface area contributed by atoms with Gasteiger partial charge in [-0.2, -0.15) is 0 Å². The lowest BCUT2D eigenvalue weighted by Gasteiger charge is -2.27. The highest BCUT2D eigenvalue weighted by Crippen LogP contribution is 2.28. The number of hydrogen-bond acceptors (Lipinski definition) is 4. The Morgan fingerprint density at radius 2 is 2.14 bits per heavy atom. The van der Waals surface area contributed by atoms with Crippen LogP contribution < -0.4 is 5.32 Å². The normalized spacial score (nSPS) is 13.0. The van der Waals surface area contributed by atoms with Gasteiger partial charge in [-0.25, -0.2) is 4.79 Å². The van der Waals surface area contributed by atoms with E-state index in [4.69, 9.17) is 4.74 Å². The van der Waals surface area contributed by atoms with Crippen LogP contribution in [0, 0.1) is 0 Å². The Hall–Kier alpha value is -0.590. The zero-order valence-corrected chi connectivity index (χ0v) is 16.5. The lowest BCUT2D eigenvalue weighted by atomic mass is 10.2. The fraction of sp³-hybridized carbons (Fsp3) is 0.688. The number of thiophene rings is 1. The van der Waals surface area contributed by atoms with Crippen molar-refractivity contribution in [1.29, 1.82) is 0 Å². The molecule has 1 rings (SSSR count). The average molecular weight is 391 g/mol. The fourth-order valence-electron chi connectivity index (χ4n) is 2.01. The van der Waals surface area contributed by atoms with Gasteiger partial charge in [0.2, 0.25) is 0 Å². The zero-order valence-electron chi connectivity index (χ0n) is 14.1. The summed E-state index contributed by atoms with van der Waals surface area (Å²) in [6.45, 7) is 12.0. The molecule has 1 amide bonds. The van der Waals surface area contributed by atoms with Gasteiger partial charge in [0.15, 0.2) is 0 Å². The van der Waals surface area contributed by atoms with Crippen LogP contribution in [0.5, 0.6) is 0 Å². The number of halogens is 1. The molecule has 0 bridgehead atoms. The minimum absolute atomic E-state index is 0.235. The zero-order chi connectivity index (χ0) is 16.8. The summed E-state index contributed by atoms with van der Waals surface area (Å²) in [6.07, 6.45) is 0.687. The maximum Gasteiger partial charge on any atom is 0.410 e. The third-order valence-electron chi connectivity index (χ3n) is 3.02. The monoisotopic (exact) mass is 390 g/mol. The van der Waals surface area contributed by atoms with E-state index >= 15 is 0 Å². The molecule has 1 atom stereocenters. The van der Waals surface area contributed by atoms with E-state index in [0.29, 0.717) is 13.1 Å². The van der Waals surface area contributed by atoms with Crippen molar-refractivity contribution in [2.24, 2.45) is 0 Å². The molecule has 0 spiro atoms. The van der Waals surface area contributed by atoms with E-state index < -0.39 is 5.60 Å². The lowest BCUT2D eigenvalue weighted by molar-refractivity contribution is 0.0251. The van der Waals surface area contributed by atoms with E-state index in [-0.39, 0.29) is 12.1 Å². The molecule has 0 fully saturated rings. The van der Waals surface area contributed by atoms with Gasteiger partial charge in [-0.15, -0.1) is 11.3 Å². The second-order valence-corrected chi connectivity index (χ2v) is 8.08. The number of carbonyl (C=O) groups is 1. The summed E-state index contributed by atoms with van der Waals surface area (Å²) in [5, 5.41) is 5.53. The van der Waals surface area contributed by atoms with E-state index in [2.05, 4.69) is 46.5 Å². The number of ether oxygens (including phenoxy) is 1. The van der Waals surface area contributed by atoms with Crippen molar-refractivity contribution < 1.29 is 9.53 Å². The van der Waals surface area contributed by atoms with Crippen molar-refractivity contribution >= 4 is 33.4 Å². The fourth-order valence-corrected chi connectivity index (χ4v) is 3.76. The van der Waals surface area contributed by atoms with Crippen LogP contribution in [0.1, 0.15) is 52.0 Å². The molecule has 0 radical (unpaired) electrons. The van der Waals surface area contributed by atoms with E-state index in [0.717, 1.165) is 17.4 Å². The first kappa shape index (κ1) is 19.5. The molecule has 0 aliphatic carbocycles. The maximum atomic E-state index is 12.2. The molecule has 1 aromatic rings. The third kappa shape index (κ3) is 6.67. The quantitative estimate of drug-likeness (QED) is 0.725. The Labute approximate surface area is 146 Å². The van der Waals surface area contributed by atoms with Crippen LogP contribution in [0.2, 0.25) is 0 Å². The molecule has 1 aromatic heterocycles. The van der Waals surface area contributed by atoms with Crippen molar-refractivity contribution in [2.75, 3.05) is 19.6 Å². The first-order chi connectivity index (χ1) is 10.2. The highest BCUT2D eigenvalue weighted by atomic mass is 79.9. The van der Waals surface area contributed by atoms with Crippen LogP contribution in [0.25, 0.3) is 0 Å². The molecule has 1 unspecified atom stereocenters. The Bertz CT molecular complexity index is 471. The van der Waals surface area contributed by atoms with Crippen LogP contribution >= 0.6 is 27.3 Å². The van der Waals surface area contributed by atoms with Crippen molar-refractivity contribution in [1.82, 2.24) is 10.2 Å². The standard InChI is InChI=1S/C16H27BrN2O2S/c1-6-9-19(15(20)21-16(3,4)5)10-8-18-12(2)14-13(17)7-11-22-14/h7,11-12,18H,6,8-10H2,1-5H3. The van der Waals surface area contributed by atoms with Gasteiger partial charge >= 0.3 is 6.09 Å². The summed E-state index contributed by atoms with van der Waals surface area (Å²) in [4.78, 5) is 15.2. The summed E-state index contributed by atoms with van der Waals surface area (Å²) in [5.74, 6) is 0. The van der Waals surface area contributed by atoms with Gasteiger partial charge in [0.1, 0.15) is 5.60 Å². The van der Waals surface area contributed by atoms with Crippen molar-refractivity contribution in [3.05, 3.63) is 20.8 Å². The highest BCUT2D eigenvalue weighted by Gasteiger charge is 2.21. The minimum atomic E-state index is -0.453. The Kier molecular flexibility index (Phi) is 7.86. The molecule has 0 aromatic carbocycles. The van der Waals surface area contributed by atoms with Gasteiger partial charge in [0.05, 0.1) is 0 Å². The van der Waals surface area contributed by atoms with Gasteiger partial charge in [0.25, 0.3) is 0 Å². The van der Waals surface area contributed by atoms with Crippen LogP contribution in [0.3, 0.4) is 0 Å². The second-order valence-electron chi connectivity index (χ2n) is 6.28. The summed E-state index contributed by atoms with van der Waals surface area (Å²) in [5.41, 5.74) is -0.453. The highest BCUT2D eigenvalue weighted by molar-refractivity contribution is 9.10. The second kappa shape index (κ2) is 8.89. The van der Waals surface area contributed by atoms with E-state index in [9.17, 15) is 4.79 Å². The van der Waals surface area contributed by atoms with Gasteiger partial charge in [-0.05, 0) is 61.5 Å². The molecule has 0 aliphatic heterocycles. The van der Waals surface area contributed by atoms with Crippen molar-refractivity contribution in [3.8, 4) is 0 Å². The maximum absolute atomic E-state index is 12.2. The van der Waals surface area contributed by atoms with Crippen LogP contribution in [0.4, 0.5) is 4.79 Å². The number of carbonyl (C=O) groups excluding carboxylic acids is 1. The topological polar surface area (TPSA) is 41.6 Å². The lowest BCUT2D eigenvalue weighted by Crippen LogP contribution is -2.41. The molecule has 1 heterocycles. The van der Waals surface area contributed by atoms with Gasteiger partial charge < -0.3 is 15.0 Å². The smallest absolute Gasteiger partial charge is 0.410 e. The summed E-state index contributed by atoms with van der Waals surface area (Å²) in [6, 6.07) is 2.32. The third-order valence-corrected chi connectivity index (χ3v) is 5.07. The number of nitrogens with one attached hydrogen (secondary N) is 1. The first-order valence-electron chi connectivity index (χ1n) is 7.68. The van der Waals surface area contributed by atoms with Crippen LogP contribution in [-0.2, 0) is 4.74 Å². The number of rotatable bonds is 7. The van der Waals surface area contributed by atoms with E-state index in [1.165, 1.54) is 4.88 Å². The molecule has 4 nitrogen and oxygen atoms in total. The average Bonchev–Trinajstić information content (AvgIpc) is 2.81. The van der Waals surface area contributed by atoms with Crippen molar-refractivity contribution in [3.63, 3.8) is 0 Å². The first-order valence-corrected chi connectivity index (χ1v) is 9.36.